The summed E-state index contributed by atoms with van der Waals surface area (Å²) in [7, 11) is 0. The van der Waals surface area contributed by atoms with Crippen LogP contribution in [0.4, 0.5) is 5.69 Å². The summed E-state index contributed by atoms with van der Waals surface area (Å²) in [5.41, 5.74) is 4.61. The van der Waals surface area contributed by atoms with Gasteiger partial charge in [-0.25, -0.2) is 0 Å². The third-order valence-electron chi connectivity index (χ3n) is 2.58. The van der Waals surface area contributed by atoms with Gasteiger partial charge in [-0.2, -0.15) is 0 Å². The smallest absolute Gasteiger partial charge is 0.221 e. The van der Waals surface area contributed by atoms with Crippen molar-refractivity contribution in [1.82, 2.24) is 5.32 Å². The van der Waals surface area contributed by atoms with Gasteiger partial charge in [0.05, 0.1) is 0 Å². The fourth-order valence-corrected chi connectivity index (χ4v) is 1.64. The zero-order valence-electron chi connectivity index (χ0n) is 11.0. The number of anilines is 1. The van der Waals surface area contributed by atoms with Crippen LogP contribution in [0.3, 0.4) is 0 Å². The van der Waals surface area contributed by atoms with E-state index >= 15 is 0 Å². The topological polar surface area (TPSA) is 41.1 Å². The number of carbonyl (C=O) groups is 1. The first-order chi connectivity index (χ1) is 8.52. The highest BCUT2D eigenvalue weighted by Crippen LogP contribution is 2.17. The lowest BCUT2D eigenvalue weighted by atomic mass is 10.1. The van der Waals surface area contributed by atoms with Crippen molar-refractivity contribution in [1.29, 1.82) is 0 Å². The van der Waals surface area contributed by atoms with Gasteiger partial charge < -0.3 is 10.6 Å². The first kappa shape index (κ1) is 14.7. The van der Waals surface area contributed by atoms with Gasteiger partial charge >= 0.3 is 0 Å². The first-order valence-electron chi connectivity index (χ1n) is 5.89. The molecule has 0 radical (unpaired) electrons. The summed E-state index contributed by atoms with van der Waals surface area (Å²) >= 11 is 5.61. The third-order valence-corrected chi connectivity index (χ3v) is 2.95. The molecule has 0 saturated carbocycles. The van der Waals surface area contributed by atoms with Crippen LogP contribution in [0.2, 0.25) is 0 Å². The summed E-state index contributed by atoms with van der Waals surface area (Å²) in [5.74, 6) is -0.0614. The lowest BCUT2D eigenvalue weighted by molar-refractivity contribution is -0.114. The lowest BCUT2D eigenvalue weighted by Crippen LogP contribution is -2.20. The number of halogens is 1. The lowest BCUT2D eigenvalue weighted by Gasteiger charge is -2.15. The Morgan fingerprint density at radius 2 is 2.17 bits per heavy atom. The fraction of sp³-hybridized carbons (Fsp3) is 0.357. The van der Waals surface area contributed by atoms with Gasteiger partial charge in [-0.05, 0) is 37.1 Å². The number of rotatable bonds is 5. The van der Waals surface area contributed by atoms with Gasteiger partial charge in [-0.3, -0.25) is 4.79 Å². The van der Waals surface area contributed by atoms with E-state index in [1.807, 2.05) is 31.2 Å². The molecule has 0 heterocycles. The maximum absolute atomic E-state index is 11.0. The normalized spacial score (nSPS) is 13.2. The maximum atomic E-state index is 11.0. The molecule has 1 aromatic rings. The molecule has 4 heteroatoms. The van der Waals surface area contributed by atoms with E-state index in [1.54, 1.807) is 5.54 Å². The van der Waals surface area contributed by atoms with E-state index in [0.717, 1.165) is 23.4 Å². The number of carbonyl (C=O) groups excluding carboxylic acids is 1. The second-order valence-corrected chi connectivity index (χ2v) is 4.58. The van der Waals surface area contributed by atoms with E-state index in [-0.39, 0.29) is 11.9 Å². The van der Waals surface area contributed by atoms with Gasteiger partial charge in [0.1, 0.15) is 0 Å². The molecule has 3 nitrogen and oxygen atoms in total. The molecule has 0 aliphatic heterocycles. The summed E-state index contributed by atoms with van der Waals surface area (Å²) in [4.78, 5) is 11.0. The molecule has 0 aliphatic rings. The number of nitrogens with one attached hydrogen (secondary N) is 2. The number of amides is 1. The van der Waals surface area contributed by atoms with E-state index in [9.17, 15) is 4.79 Å². The minimum atomic E-state index is -0.0614. The Kier molecular flexibility index (Phi) is 5.89. The molecule has 18 heavy (non-hydrogen) atoms. The predicted octanol–water partition coefficient (Wildman–Crippen LogP) is 3.44. The summed E-state index contributed by atoms with van der Waals surface area (Å²) in [6.07, 6.45) is 0. The number of hydrogen-bond acceptors (Lipinski definition) is 2. The highest BCUT2D eigenvalue weighted by molar-refractivity contribution is 6.25. The van der Waals surface area contributed by atoms with Crippen LogP contribution < -0.4 is 10.6 Å². The molecule has 0 bridgehead atoms. The van der Waals surface area contributed by atoms with Crippen molar-refractivity contribution in [2.75, 3.05) is 11.9 Å². The van der Waals surface area contributed by atoms with Crippen LogP contribution in [-0.2, 0) is 4.79 Å². The summed E-state index contributed by atoms with van der Waals surface area (Å²) < 4.78 is 0. The summed E-state index contributed by atoms with van der Waals surface area (Å²) in [6, 6.07) is 8.01. The van der Waals surface area contributed by atoms with Gasteiger partial charge in [0, 0.05) is 30.7 Å². The Hall–Kier alpha value is -1.32. The van der Waals surface area contributed by atoms with Crippen molar-refractivity contribution in [2.45, 2.75) is 26.8 Å². The van der Waals surface area contributed by atoms with Crippen molar-refractivity contribution in [3.8, 4) is 0 Å². The van der Waals surface area contributed by atoms with Gasteiger partial charge in [-0.15, -0.1) is 0 Å². The van der Waals surface area contributed by atoms with Gasteiger partial charge in [0.25, 0.3) is 0 Å². The van der Waals surface area contributed by atoms with Gasteiger partial charge in [0.15, 0.2) is 0 Å². The Morgan fingerprint density at radius 3 is 2.78 bits per heavy atom. The van der Waals surface area contributed by atoms with E-state index in [0.29, 0.717) is 0 Å². The molecule has 1 unspecified atom stereocenters. The van der Waals surface area contributed by atoms with Crippen LogP contribution in [0.5, 0.6) is 0 Å². The quantitative estimate of drug-likeness (QED) is 0.857. The minimum Gasteiger partial charge on any atom is -0.326 e. The molecule has 1 rings (SSSR count). The number of hydrogen-bond donors (Lipinski definition) is 2. The van der Waals surface area contributed by atoms with Crippen molar-refractivity contribution in [3.05, 3.63) is 40.9 Å². The SMILES string of the molecule is CC(=O)Nc1cccc(C(C)NC/C(C)=C/Cl)c1. The predicted molar refractivity (Wildman–Crippen MR) is 76.8 cm³/mol. The molecule has 2 N–H and O–H groups in total. The highest BCUT2D eigenvalue weighted by atomic mass is 35.5. The maximum Gasteiger partial charge on any atom is 0.221 e. The minimum absolute atomic E-state index is 0.0614. The molecule has 0 fully saturated rings. The molecule has 1 amide bonds. The second-order valence-electron chi connectivity index (χ2n) is 4.36. The monoisotopic (exact) mass is 266 g/mol. The number of benzene rings is 1. The van der Waals surface area contributed by atoms with E-state index < -0.39 is 0 Å². The molecule has 0 saturated heterocycles. The largest absolute Gasteiger partial charge is 0.326 e. The van der Waals surface area contributed by atoms with E-state index in [4.69, 9.17) is 11.6 Å². The van der Waals surface area contributed by atoms with Crippen LogP contribution in [-0.4, -0.2) is 12.5 Å². The zero-order valence-corrected chi connectivity index (χ0v) is 11.7. The molecule has 0 aliphatic carbocycles. The average molecular weight is 267 g/mol. The summed E-state index contributed by atoms with van der Waals surface area (Å²) in [6.45, 7) is 6.30. The van der Waals surface area contributed by atoms with E-state index in [2.05, 4.69) is 17.6 Å². The molecule has 0 aromatic heterocycles. The summed E-state index contributed by atoms with van der Waals surface area (Å²) in [5, 5.41) is 6.14. The molecule has 1 aromatic carbocycles. The average Bonchev–Trinajstić information content (AvgIpc) is 2.35. The molecule has 0 spiro atoms. The second kappa shape index (κ2) is 7.19. The Morgan fingerprint density at radius 1 is 1.44 bits per heavy atom. The van der Waals surface area contributed by atoms with Crippen molar-refractivity contribution >= 4 is 23.2 Å². The van der Waals surface area contributed by atoms with Gasteiger partial charge in [0.2, 0.25) is 5.91 Å². The van der Waals surface area contributed by atoms with Crippen LogP contribution in [0.25, 0.3) is 0 Å². The fourth-order valence-electron chi connectivity index (χ4n) is 1.56. The van der Waals surface area contributed by atoms with Crippen LogP contribution in [0.15, 0.2) is 35.4 Å². The zero-order chi connectivity index (χ0) is 13.5. The van der Waals surface area contributed by atoms with E-state index in [1.165, 1.54) is 6.92 Å². The van der Waals surface area contributed by atoms with Crippen LogP contribution in [0, 0.1) is 0 Å². The van der Waals surface area contributed by atoms with Crippen LogP contribution >= 0.6 is 11.6 Å². The standard InChI is InChI=1S/C14H19ClN2O/c1-10(8-15)9-16-11(2)13-5-4-6-14(7-13)17-12(3)18/h4-8,11,16H,9H2,1-3H3,(H,17,18)/b10-8+. The molecule has 98 valence electrons. The first-order valence-corrected chi connectivity index (χ1v) is 6.33. The Bertz CT molecular complexity index is 443. The molecule has 1 atom stereocenters. The highest BCUT2D eigenvalue weighted by Gasteiger charge is 2.05. The molecular weight excluding hydrogens is 248 g/mol. The van der Waals surface area contributed by atoms with Crippen LogP contribution in [0.1, 0.15) is 32.4 Å². The Labute approximate surface area is 113 Å². The van der Waals surface area contributed by atoms with Crippen molar-refractivity contribution < 1.29 is 4.79 Å². The third kappa shape index (κ3) is 4.90. The molecular formula is C14H19ClN2O. The Balaban J connectivity index is 2.67. The van der Waals surface area contributed by atoms with Gasteiger partial charge in [-0.1, -0.05) is 23.7 Å². The van der Waals surface area contributed by atoms with Crippen molar-refractivity contribution in [3.63, 3.8) is 0 Å². The van der Waals surface area contributed by atoms with Crippen molar-refractivity contribution in [2.24, 2.45) is 0 Å².